The lowest BCUT2D eigenvalue weighted by Crippen LogP contribution is -2.35. The molecular weight excluding hydrogens is 292 g/mol. The van der Waals surface area contributed by atoms with E-state index in [1.54, 1.807) is 36.4 Å². The zero-order valence-electron chi connectivity index (χ0n) is 12.7. The van der Waals surface area contributed by atoms with Crippen molar-refractivity contribution in [1.29, 1.82) is 0 Å². The maximum Gasteiger partial charge on any atom is 0.355 e. The van der Waals surface area contributed by atoms with Gasteiger partial charge in [0.1, 0.15) is 0 Å². The van der Waals surface area contributed by atoms with Crippen LogP contribution in [0.4, 0.5) is 0 Å². The lowest BCUT2D eigenvalue weighted by atomic mass is 10.0. The van der Waals surface area contributed by atoms with Gasteiger partial charge in [0.25, 0.3) is 5.91 Å². The van der Waals surface area contributed by atoms with Gasteiger partial charge in [-0.25, -0.2) is 9.78 Å². The molecule has 3 rings (SSSR count). The van der Waals surface area contributed by atoms with Gasteiger partial charge in [0.15, 0.2) is 5.69 Å². The SMILES string of the molecule is O=C(O)c1ncccc1-c1ccc(C(=O)N2CCCCC2)cc1. The van der Waals surface area contributed by atoms with Crippen LogP contribution in [0.25, 0.3) is 11.1 Å². The average Bonchev–Trinajstić information content (AvgIpc) is 2.62. The van der Waals surface area contributed by atoms with Gasteiger partial charge in [-0.2, -0.15) is 0 Å². The molecule has 1 aromatic heterocycles. The molecule has 1 saturated heterocycles. The minimum Gasteiger partial charge on any atom is -0.476 e. The van der Waals surface area contributed by atoms with E-state index in [4.69, 9.17) is 0 Å². The molecule has 1 fully saturated rings. The molecule has 0 spiro atoms. The number of carboxylic acids is 1. The molecule has 0 aliphatic carbocycles. The predicted molar refractivity (Wildman–Crippen MR) is 86.4 cm³/mol. The molecule has 118 valence electrons. The molecule has 1 aliphatic heterocycles. The molecule has 0 radical (unpaired) electrons. The summed E-state index contributed by atoms with van der Waals surface area (Å²) in [5.74, 6) is -1.02. The molecule has 0 saturated carbocycles. The Hall–Kier alpha value is -2.69. The van der Waals surface area contributed by atoms with E-state index in [0.29, 0.717) is 11.1 Å². The molecule has 5 nitrogen and oxygen atoms in total. The molecule has 0 bridgehead atoms. The van der Waals surface area contributed by atoms with Crippen LogP contribution < -0.4 is 0 Å². The molecule has 1 N–H and O–H groups in total. The van der Waals surface area contributed by atoms with E-state index in [1.807, 2.05) is 4.90 Å². The highest BCUT2D eigenvalue weighted by Crippen LogP contribution is 2.23. The summed E-state index contributed by atoms with van der Waals surface area (Å²) >= 11 is 0. The van der Waals surface area contributed by atoms with Crippen molar-refractivity contribution in [3.8, 4) is 11.1 Å². The molecule has 0 unspecified atom stereocenters. The van der Waals surface area contributed by atoms with Gasteiger partial charge in [-0.1, -0.05) is 18.2 Å². The summed E-state index contributed by atoms with van der Waals surface area (Å²) < 4.78 is 0. The topological polar surface area (TPSA) is 70.5 Å². The van der Waals surface area contributed by atoms with Crippen LogP contribution in [0.5, 0.6) is 0 Å². The van der Waals surface area contributed by atoms with E-state index in [0.717, 1.165) is 31.5 Å². The zero-order valence-corrected chi connectivity index (χ0v) is 12.7. The molecule has 1 aromatic carbocycles. The number of piperidine rings is 1. The smallest absolute Gasteiger partial charge is 0.355 e. The number of hydrogen-bond donors (Lipinski definition) is 1. The monoisotopic (exact) mass is 310 g/mol. The second-order valence-electron chi connectivity index (χ2n) is 5.63. The van der Waals surface area contributed by atoms with Crippen LogP contribution in [0.2, 0.25) is 0 Å². The number of nitrogens with zero attached hydrogens (tertiary/aromatic N) is 2. The van der Waals surface area contributed by atoms with Gasteiger partial charge < -0.3 is 10.0 Å². The first-order chi connectivity index (χ1) is 11.2. The van der Waals surface area contributed by atoms with Crippen LogP contribution in [-0.2, 0) is 0 Å². The number of carbonyl (C=O) groups is 2. The average molecular weight is 310 g/mol. The first-order valence-electron chi connectivity index (χ1n) is 7.75. The Kier molecular flexibility index (Phi) is 4.37. The van der Waals surface area contributed by atoms with Crippen molar-refractivity contribution in [1.82, 2.24) is 9.88 Å². The van der Waals surface area contributed by atoms with Crippen LogP contribution in [-0.4, -0.2) is 40.0 Å². The largest absolute Gasteiger partial charge is 0.476 e. The van der Waals surface area contributed by atoms with Crippen LogP contribution in [0.1, 0.15) is 40.1 Å². The first kappa shape index (κ1) is 15.2. The van der Waals surface area contributed by atoms with E-state index in [9.17, 15) is 14.7 Å². The van der Waals surface area contributed by atoms with Crippen molar-refractivity contribution in [2.75, 3.05) is 13.1 Å². The Balaban J connectivity index is 1.85. The highest BCUT2D eigenvalue weighted by atomic mass is 16.4. The third kappa shape index (κ3) is 3.23. The van der Waals surface area contributed by atoms with Crippen molar-refractivity contribution in [3.63, 3.8) is 0 Å². The van der Waals surface area contributed by atoms with Crippen LogP contribution >= 0.6 is 0 Å². The van der Waals surface area contributed by atoms with E-state index in [-0.39, 0.29) is 11.6 Å². The summed E-state index contributed by atoms with van der Waals surface area (Å²) in [5.41, 5.74) is 1.95. The Morgan fingerprint density at radius 2 is 1.70 bits per heavy atom. The molecular formula is C18H18N2O3. The quantitative estimate of drug-likeness (QED) is 0.946. The number of carbonyl (C=O) groups excluding carboxylic acids is 1. The number of rotatable bonds is 3. The highest BCUT2D eigenvalue weighted by Gasteiger charge is 2.18. The number of pyridine rings is 1. The second-order valence-corrected chi connectivity index (χ2v) is 5.63. The number of aromatic nitrogens is 1. The Bertz CT molecular complexity index is 719. The van der Waals surface area contributed by atoms with Gasteiger partial charge >= 0.3 is 5.97 Å². The lowest BCUT2D eigenvalue weighted by Gasteiger charge is -2.26. The number of aromatic carboxylic acids is 1. The van der Waals surface area contributed by atoms with Gasteiger partial charge in [0.2, 0.25) is 0 Å². The summed E-state index contributed by atoms with van der Waals surface area (Å²) in [6, 6.07) is 10.5. The number of likely N-dealkylation sites (tertiary alicyclic amines) is 1. The number of carboxylic acid groups (broad SMARTS) is 1. The molecule has 2 heterocycles. The number of hydrogen-bond acceptors (Lipinski definition) is 3. The Morgan fingerprint density at radius 3 is 2.35 bits per heavy atom. The van der Waals surface area contributed by atoms with Crippen molar-refractivity contribution in [2.24, 2.45) is 0 Å². The van der Waals surface area contributed by atoms with E-state index in [2.05, 4.69) is 4.98 Å². The lowest BCUT2D eigenvalue weighted by molar-refractivity contribution is 0.0689. The predicted octanol–water partition coefficient (Wildman–Crippen LogP) is 3.07. The second kappa shape index (κ2) is 6.60. The Labute approximate surface area is 134 Å². The Morgan fingerprint density at radius 1 is 1.00 bits per heavy atom. The summed E-state index contributed by atoms with van der Waals surface area (Å²) in [4.78, 5) is 29.5. The van der Waals surface area contributed by atoms with Gasteiger partial charge in [0.05, 0.1) is 0 Å². The highest BCUT2D eigenvalue weighted by molar-refractivity contribution is 5.96. The summed E-state index contributed by atoms with van der Waals surface area (Å²) in [6.07, 6.45) is 4.76. The normalized spacial score (nSPS) is 14.5. The van der Waals surface area contributed by atoms with Crippen LogP contribution in [0.15, 0.2) is 42.6 Å². The summed E-state index contributed by atoms with van der Waals surface area (Å²) in [6.45, 7) is 1.62. The van der Waals surface area contributed by atoms with Gasteiger partial charge in [-0.3, -0.25) is 4.79 Å². The number of amides is 1. The maximum atomic E-state index is 12.4. The van der Waals surface area contributed by atoms with E-state index in [1.165, 1.54) is 12.6 Å². The third-order valence-corrected chi connectivity index (χ3v) is 4.10. The zero-order chi connectivity index (χ0) is 16.2. The fraction of sp³-hybridized carbons (Fsp3) is 0.278. The standard InChI is InChI=1S/C18H18N2O3/c21-17(20-11-2-1-3-12-20)14-8-6-13(7-9-14)15-5-4-10-19-16(15)18(22)23/h4-10H,1-3,11-12H2,(H,22,23). The van der Waals surface area contributed by atoms with Crippen LogP contribution in [0.3, 0.4) is 0 Å². The molecule has 5 heteroatoms. The first-order valence-corrected chi connectivity index (χ1v) is 7.75. The van der Waals surface area contributed by atoms with E-state index < -0.39 is 5.97 Å². The summed E-state index contributed by atoms with van der Waals surface area (Å²) in [5, 5.41) is 9.22. The van der Waals surface area contributed by atoms with Crippen molar-refractivity contribution < 1.29 is 14.7 Å². The molecule has 1 aliphatic rings. The molecule has 1 amide bonds. The van der Waals surface area contributed by atoms with Crippen LogP contribution in [0, 0.1) is 0 Å². The van der Waals surface area contributed by atoms with Crippen molar-refractivity contribution in [2.45, 2.75) is 19.3 Å². The number of benzene rings is 1. The molecule has 23 heavy (non-hydrogen) atoms. The van der Waals surface area contributed by atoms with Gasteiger partial charge in [-0.15, -0.1) is 0 Å². The minimum absolute atomic E-state index is 0.0163. The van der Waals surface area contributed by atoms with Gasteiger partial charge in [-0.05, 0) is 43.0 Å². The van der Waals surface area contributed by atoms with Crippen molar-refractivity contribution >= 4 is 11.9 Å². The third-order valence-electron chi connectivity index (χ3n) is 4.10. The fourth-order valence-corrected chi connectivity index (χ4v) is 2.88. The minimum atomic E-state index is -1.06. The summed E-state index contributed by atoms with van der Waals surface area (Å²) in [7, 11) is 0. The molecule has 0 atom stereocenters. The fourth-order valence-electron chi connectivity index (χ4n) is 2.88. The molecule has 2 aromatic rings. The van der Waals surface area contributed by atoms with Gasteiger partial charge in [0, 0.05) is 30.4 Å². The maximum absolute atomic E-state index is 12.4. The van der Waals surface area contributed by atoms with E-state index >= 15 is 0 Å². The van der Waals surface area contributed by atoms with Crippen molar-refractivity contribution in [3.05, 3.63) is 53.9 Å².